The summed E-state index contributed by atoms with van der Waals surface area (Å²) in [7, 11) is 1.58. The van der Waals surface area contributed by atoms with Crippen LogP contribution in [0.2, 0.25) is 0 Å². The van der Waals surface area contributed by atoms with Crippen molar-refractivity contribution in [1.29, 1.82) is 0 Å². The average molecular weight is 259 g/mol. The number of para-hydroxylation sites is 1. The predicted molar refractivity (Wildman–Crippen MR) is 74.8 cm³/mol. The topological polar surface area (TPSA) is 77.2 Å². The molecule has 5 heteroatoms. The van der Waals surface area contributed by atoms with Gasteiger partial charge in [-0.15, -0.1) is 0 Å². The zero-order valence-corrected chi connectivity index (χ0v) is 10.8. The first-order chi connectivity index (χ1) is 9.20. The van der Waals surface area contributed by atoms with Gasteiger partial charge in [0.15, 0.2) is 0 Å². The van der Waals surface area contributed by atoms with Crippen LogP contribution in [0, 0.1) is 0 Å². The lowest BCUT2D eigenvalue weighted by Gasteiger charge is -2.11. The minimum absolute atomic E-state index is 0.228. The zero-order chi connectivity index (χ0) is 13.7. The maximum Gasteiger partial charge on any atom is 0.241 e. The highest BCUT2D eigenvalue weighted by molar-refractivity contribution is 5.96. The van der Waals surface area contributed by atoms with Crippen LogP contribution in [0.25, 0.3) is 10.9 Å². The van der Waals surface area contributed by atoms with Crippen LogP contribution in [0.1, 0.15) is 6.42 Å². The SMILES string of the molecule is COCCC(N)C(=O)Nc1cnc2ccccc2c1. The van der Waals surface area contributed by atoms with Crippen molar-refractivity contribution in [1.82, 2.24) is 4.98 Å². The highest BCUT2D eigenvalue weighted by Gasteiger charge is 2.13. The number of benzene rings is 1. The van der Waals surface area contributed by atoms with Crippen LogP contribution < -0.4 is 11.1 Å². The molecule has 100 valence electrons. The molecule has 1 amide bonds. The first-order valence-corrected chi connectivity index (χ1v) is 6.11. The van der Waals surface area contributed by atoms with E-state index >= 15 is 0 Å². The number of carbonyl (C=O) groups is 1. The Hall–Kier alpha value is -1.98. The molecule has 0 fully saturated rings. The molecule has 0 saturated heterocycles. The Labute approximate surface area is 111 Å². The number of methoxy groups -OCH3 is 1. The first-order valence-electron chi connectivity index (χ1n) is 6.11. The van der Waals surface area contributed by atoms with Crippen LogP contribution in [-0.4, -0.2) is 30.6 Å². The number of nitrogens with one attached hydrogen (secondary N) is 1. The summed E-state index contributed by atoms with van der Waals surface area (Å²) in [4.78, 5) is 16.1. The van der Waals surface area contributed by atoms with Gasteiger partial charge in [-0.1, -0.05) is 18.2 Å². The molecule has 1 aromatic heterocycles. The minimum Gasteiger partial charge on any atom is -0.385 e. The van der Waals surface area contributed by atoms with Gasteiger partial charge in [0.1, 0.15) is 0 Å². The number of aromatic nitrogens is 1. The van der Waals surface area contributed by atoms with E-state index in [4.69, 9.17) is 10.5 Å². The average Bonchev–Trinajstić information content (AvgIpc) is 2.44. The number of rotatable bonds is 5. The molecular weight excluding hydrogens is 242 g/mol. The molecule has 0 spiro atoms. The number of amides is 1. The van der Waals surface area contributed by atoms with Crippen molar-refractivity contribution in [3.05, 3.63) is 36.5 Å². The first kappa shape index (κ1) is 13.5. The van der Waals surface area contributed by atoms with Gasteiger partial charge >= 0.3 is 0 Å². The van der Waals surface area contributed by atoms with E-state index in [0.29, 0.717) is 18.7 Å². The van der Waals surface area contributed by atoms with Gasteiger partial charge in [0.2, 0.25) is 5.91 Å². The fourth-order valence-electron chi connectivity index (χ4n) is 1.75. The summed E-state index contributed by atoms with van der Waals surface area (Å²) in [5, 5.41) is 3.74. The number of hydrogen-bond acceptors (Lipinski definition) is 4. The summed E-state index contributed by atoms with van der Waals surface area (Å²) in [6, 6.07) is 9.03. The van der Waals surface area contributed by atoms with Crippen LogP contribution in [0.4, 0.5) is 5.69 Å². The molecule has 0 aliphatic carbocycles. The second kappa shape index (κ2) is 6.26. The number of ether oxygens (including phenoxy) is 1. The van der Waals surface area contributed by atoms with Gasteiger partial charge in [-0.3, -0.25) is 9.78 Å². The summed E-state index contributed by atoms with van der Waals surface area (Å²) in [6.45, 7) is 0.463. The smallest absolute Gasteiger partial charge is 0.241 e. The zero-order valence-electron chi connectivity index (χ0n) is 10.8. The molecule has 0 aliphatic rings. The van der Waals surface area contributed by atoms with Crippen molar-refractivity contribution in [2.24, 2.45) is 5.73 Å². The maximum absolute atomic E-state index is 11.8. The molecule has 2 aromatic rings. The summed E-state index contributed by atoms with van der Waals surface area (Å²) < 4.78 is 4.90. The molecule has 0 saturated carbocycles. The number of hydrogen-bond donors (Lipinski definition) is 2. The number of nitrogens with two attached hydrogens (primary N) is 1. The van der Waals surface area contributed by atoms with Gasteiger partial charge in [0, 0.05) is 19.1 Å². The maximum atomic E-state index is 11.8. The number of carbonyl (C=O) groups excluding carboxylic acids is 1. The molecule has 0 bridgehead atoms. The van der Waals surface area contributed by atoms with E-state index in [2.05, 4.69) is 10.3 Å². The van der Waals surface area contributed by atoms with E-state index in [-0.39, 0.29) is 5.91 Å². The second-order valence-corrected chi connectivity index (χ2v) is 4.29. The molecule has 1 heterocycles. The largest absolute Gasteiger partial charge is 0.385 e. The van der Waals surface area contributed by atoms with Crippen LogP contribution in [0.3, 0.4) is 0 Å². The monoisotopic (exact) mass is 259 g/mol. The van der Waals surface area contributed by atoms with Crippen LogP contribution in [-0.2, 0) is 9.53 Å². The molecule has 2 rings (SSSR count). The summed E-state index contributed by atoms with van der Waals surface area (Å²) in [6.07, 6.45) is 2.12. The number of fused-ring (bicyclic) bond motifs is 1. The van der Waals surface area contributed by atoms with Crippen molar-refractivity contribution >= 4 is 22.5 Å². The molecule has 19 heavy (non-hydrogen) atoms. The van der Waals surface area contributed by atoms with E-state index in [1.165, 1.54) is 0 Å². The van der Waals surface area contributed by atoms with Crippen molar-refractivity contribution < 1.29 is 9.53 Å². The molecule has 0 radical (unpaired) electrons. The lowest BCUT2D eigenvalue weighted by atomic mass is 10.2. The van der Waals surface area contributed by atoms with Crippen LogP contribution >= 0.6 is 0 Å². The highest BCUT2D eigenvalue weighted by Crippen LogP contribution is 2.16. The van der Waals surface area contributed by atoms with Crippen molar-refractivity contribution in [3.63, 3.8) is 0 Å². The Morgan fingerprint density at radius 1 is 1.47 bits per heavy atom. The third-order valence-corrected chi connectivity index (χ3v) is 2.83. The quantitative estimate of drug-likeness (QED) is 0.853. The Kier molecular flexibility index (Phi) is 4.43. The highest BCUT2D eigenvalue weighted by atomic mass is 16.5. The van der Waals surface area contributed by atoms with Crippen molar-refractivity contribution in [2.75, 3.05) is 19.0 Å². The lowest BCUT2D eigenvalue weighted by Crippen LogP contribution is -2.36. The lowest BCUT2D eigenvalue weighted by molar-refractivity contribution is -0.117. The summed E-state index contributed by atoms with van der Waals surface area (Å²) in [5.41, 5.74) is 7.29. The van der Waals surface area contributed by atoms with Crippen molar-refractivity contribution in [2.45, 2.75) is 12.5 Å². The number of nitrogens with zero attached hydrogens (tertiary/aromatic N) is 1. The van der Waals surface area contributed by atoms with Gasteiger partial charge in [-0.2, -0.15) is 0 Å². The Morgan fingerprint density at radius 3 is 3.05 bits per heavy atom. The molecule has 0 aliphatic heterocycles. The molecular formula is C14H17N3O2. The van der Waals surface area contributed by atoms with E-state index < -0.39 is 6.04 Å². The summed E-state index contributed by atoms with van der Waals surface area (Å²) in [5.74, 6) is -0.228. The van der Waals surface area contributed by atoms with E-state index in [1.54, 1.807) is 13.3 Å². The molecule has 1 atom stereocenters. The fourth-order valence-corrected chi connectivity index (χ4v) is 1.75. The number of anilines is 1. The van der Waals surface area contributed by atoms with E-state index in [1.807, 2.05) is 30.3 Å². The third-order valence-electron chi connectivity index (χ3n) is 2.83. The van der Waals surface area contributed by atoms with Crippen LogP contribution in [0.5, 0.6) is 0 Å². The van der Waals surface area contributed by atoms with E-state index in [9.17, 15) is 4.79 Å². The summed E-state index contributed by atoms with van der Waals surface area (Å²) >= 11 is 0. The third kappa shape index (κ3) is 3.49. The minimum atomic E-state index is -0.577. The Morgan fingerprint density at radius 2 is 2.26 bits per heavy atom. The van der Waals surface area contributed by atoms with Crippen LogP contribution in [0.15, 0.2) is 36.5 Å². The van der Waals surface area contributed by atoms with Gasteiger partial charge in [0.25, 0.3) is 0 Å². The fraction of sp³-hybridized carbons (Fsp3) is 0.286. The van der Waals surface area contributed by atoms with Crippen molar-refractivity contribution in [3.8, 4) is 0 Å². The van der Waals surface area contributed by atoms with Gasteiger partial charge in [-0.05, 0) is 18.6 Å². The standard InChI is InChI=1S/C14H17N3O2/c1-19-7-6-12(15)14(18)17-11-8-10-4-2-3-5-13(10)16-9-11/h2-5,8-9,12H,6-7,15H2,1H3,(H,17,18). The predicted octanol–water partition coefficient (Wildman–Crippen LogP) is 1.54. The van der Waals surface area contributed by atoms with Gasteiger partial charge in [0.05, 0.1) is 23.4 Å². The second-order valence-electron chi connectivity index (χ2n) is 4.29. The van der Waals surface area contributed by atoms with E-state index in [0.717, 1.165) is 10.9 Å². The molecule has 1 aromatic carbocycles. The number of pyridine rings is 1. The Bertz CT molecular complexity index is 571. The van der Waals surface area contributed by atoms with Gasteiger partial charge in [-0.25, -0.2) is 0 Å². The Balaban J connectivity index is 2.06. The molecule has 3 N–H and O–H groups in total. The van der Waals surface area contributed by atoms with Gasteiger partial charge < -0.3 is 15.8 Å². The normalized spacial score (nSPS) is 12.3. The molecule has 5 nitrogen and oxygen atoms in total. The molecule has 1 unspecified atom stereocenters.